The third kappa shape index (κ3) is 13.2. The molecule has 0 aliphatic carbocycles. The van der Waals surface area contributed by atoms with Crippen LogP contribution in [0.3, 0.4) is 0 Å². The molecule has 0 saturated carbocycles. The minimum atomic E-state index is 0.850. The second-order valence-corrected chi connectivity index (χ2v) is 4.26. The predicted molar refractivity (Wildman–Crippen MR) is 71.6 cm³/mol. The van der Waals surface area contributed by atoms with Crippen LogP contribution < -0.4 is 0 Å². The summed E-state index contributed by atoms with van der Waals surface area (Å²) in [5.74, 6) is 0. The topological polar surface area (TPSA) is 17.1 Å². The van der Waals surface area contributed by atoms with Crippen LogP contribution >= 0.6 is 0 Å². The van der Waals surface area contributed by atoms with Crippen molar-refractivity contribution in [2.45, 2.75) is 64.2 Å². The molecule has 0 amide bonds. The van der Waals surface area contributed by atoms with Crippen LogP contribution in [0.15, 0.2) is 24.8 Å². The Hall–Kier alpha value is -0.850. The summed E-state index contributed by atoms with van der Waals surface area (Å²) >= 11 is 0. The smallest absolute Gasteiger partial charge is 0.142 e. The zero-order chi connectivity index (χ0) is 11.9. The molecule has 0 aromatic rings. The van der Waals surface area contributed by atoms with Crippen molar-refractivity contribution >= 4 is 6.29 Å². The van der Waals surface area contributed by atoms with E-state index in [1.54, 1.807) is 6.08 Å². The van der Waals surface area contributed by atoms with E-state index in [1.165, 1.54) is 57.8 Å². The molecule has 0 aromatic carbocycles. The van der Waals surface area contributed by atoms with Crippen LogP contribution in [0.4, 0.5) is 0 Å². The summed E-state index contributed by atoms with van der Waals surface area (Å²) < 4.78 is 0. The van der Waals surface area contributed by atoms with Crippen LogP contribution in [-0.4, -0.2) is 6.29 Å². The lowest BCUT2D eigenvalue weighted by Gasteiger charge is -2.00. The van der Waals surface area contributed by atoms with Gasteiger partial charge in [0.2, 0.25) is 0 Å². The normalized spacial score (nSPS) is 10.8. The highest BCUT2D eigenvalue weighted by Gasteiger charge is 1.91. The zero-order valence-electron chi connectivity index (χ0n) is 10.5. The number of carbonyl (C=O) groups excluding carboxylic acids is 1. The molecule has 16 heavy (non-hydrogen) atoms. The molecule has 0 spiro atoms. The first-order chi connectivity index (χ1) is 7.91. The molecule has 0 radical (unpaired) electrons. The summed E-state index contributed by atoms with van der Waals surface area (Å²) in [6, 6.07) is 0. The Labute approximate surface area is 101 Å². The minimum absolute atomic E-state index is 0.850. The first-order valence-electron chi connectivity index (χ1n) is 6.63. The lowest BCUT2D eigenvalue weighted by atomic mass is 10.1. The monoisotopic (exact) mass is 222 g/mol. The van der Waals surface area contributed by atoms with E-state index in [2.05, 4.69) is 6.58 Å². The maximum atomic E-state index is 9.99. The van der Waals surface area contributed by atoms with Crippen molar-refractivity contribution in [3.63, 3.8) is 0 Å². The van der Waals surface area contributed by atoms with E-state index in [9.17, 15) is 4.79 Å². The molecule has 0 heterocycles. The molecule has 0 bridgehead atoms. The van der Waals surface area contributed by atoms with Crippen molar-refractivity contribution in [3.8, 4) is 0 Å². The van der Waals surface area contributed by atoms with Crippen LogP contribution in [0, 0.1) is 0 Å². The standard InChI is InChI=1S/C15H26O/c1-2-3-4-5-6-7-8-9-10-11-12-13-14-15-16/h2,13-15H,1,3-12H2/b14-13+. The fourth-order valence-corrected chi connectivity index (χ4v) is 1.76. The van der Waals surface area contributed by atoms with Gasteiger partial charge in [0, 0.05) is 0 Å². The van der Waals surface area contributed by atoms with Crippen LogP contribution in [0.25, 0.3) is 0 Å². The summed E-state index contributed by atoms with van der Waals surface area (Å²) in [6.45, 7) is 3.72. The lowest BCUT2D eigenvalue weighted by Crippen LogP contribution is -1.81. The van der Waals surface area contributed by atoms with Gasteiger partial charge >= 0.3 is 0 Å². The molecule has 1 heteroatoms. The van der Waals surface area contributed by atoms with E-state index < -0.39 is 0 Å². The second-order valence-electron chi connectivity index (χ2n) is 4.26. The van der Waals surface area contributed by atoms with Crippen LogP contribution in [0.5, 0.6) is 0 Å². The van der Waals surface area contributed by atoms with E-state index in [0.29, 0.717) is 0 Å². The molecule has 0 N–H and O–H groups in total. The summed E-state index contributed by atoms with van der Waals surface area (Å²) in [6.07, 6.45) is 19.3. The van der Waals surface area contributed by atoms with E-state index in [0.717, 1.165) is 12.7 Å². The number of allylic oxidation sites excluding steroid dienone is 3. The van der Waals surface area contributed by atoms with E-state index in [-0.39, 0.29) is 0 Å². The van der Waals surface area contributed by atoms with Gasteiger partial charge in [-0.05, 0) is 31.8 Å². The maximum absolute atomic E-state index is 9.99. The average molecular weight is 222 g/mol. The second kappa shape index (κ2) is 14.2. The fourth-order valence-electron chi connectivity index (χ4n) is 1.76. The molecule has 0 rings (SSSR count). The molecule has 0 aliphatic rings. The molecule has 92 valence electrons. The third-order valence-electron chi connectivity index (χ3n) is 2.74. The van der Waals surface area contributed by atoms with Crippen molar-refractivity contribution in [3.05, 3.63) is 24.8 Å². The van der Waals surface area contributed by atoms with Gasteiger partial charge in [0.15, 0.2) is 0 Å². The molecular formula is C15H26O. The van der Waals surface area contributed by atoms with E-state index in [1.807, 2.05) is 12.2 Å². The highest BCUT2D eigenvalue weighted by Crippen LogP contribution is 2.10. The molecular weight excluding hydrogens is 196 g/mol. The molecule has 0 atom stereocenters. The number of rotatable bonds is 12. The quantitative estimate of drug-likeness (QED) is 0.200. The molecule has 0 aromatic heterocycles. The van der Waals surface area contributed by atoms with E-state index >= 15 is 0 Å². The first-order valence-corrected chi connectivity index (χ1v) is 6.63. The number of hydrogen-bond donors (Lipinski definition) is 0. The van der Waals surface area contributed by atoms with Gasteiger partial charge in [-0.1, -0.05) is 50.7 Å². The van der Waals surface area contributed by atoms with Gasteiger partial charge in [-0.2, -0.15) is 0 Å². The van der Waals surface area contributed by atoms with Gasteiger partial charge in [0.25, 0.3) is 0 Å². The van der Waals surface area contributed by atoms with E-state index in [4.69, 9.17) is 0 Å². The predicted octanol–water partition coefficient (Wildman–Crippen LogP) is 4.83. The minimum Gasteiger partial charge on any atom is -0.299 e. The Morgan fingerprint density at radius 3 is 1.75 bits per heavy atom. The fraction of sp³-hybridized carbons (Fsp3) is 0.667. The number of unbranched alkanes of at least 4 members (excludes halogenated alkanes) is 9. The Morgan fingerprint density at radius 2 is 1.25 bits per heavy atom. The van der Waals surface area contributed by atoms with Crippen molar-refractivity contribution in [2.75, 3.05) is 0 Å². The number of aldehydes is 1. The third-order valence-corrected chi connectivity index (χ3v) is 2.74. The Balaban J connectivity index is 2.95. The lowest BCUT2D eigenvalue weighted by molar-refractivity contribution is -0.104. The average Bonchev–Trinajstić information content (AvgIpc) is 2.31. The zero-order valence-corrected chi connectivity index (χ0v) is 10.5. The Morgan fingerprint density at radius 1 is 0.750 bits per heavy atom. The van der Waals surface area contributed by atoms with Gasteiger partial charge in [0.1, 0.15) is 6.29 Å². The summed E-state index contributed by atoms with van der Waals surface area (Å²) in [4.78, 5) is 9.99. The van der Waals surface area contributed by atoms with Gasteiger partial charge in [0.05, 0.1) is 0 Å². The van der Waals surface area contributed by atoms with Crippen molar-refractivity contribution < 1.29 is 4.79 Å². The molecule has 0 aliphatic heterocycles. The summed E-state index contributed by atoms with van der Waals surface area (Å²) in [5.41, 5.74) is 0. The van der Waals surface area contributed by atoms with Crippen molar-refractivity contribution in [2.24, 2.45) is 0 Å². The summed E-state index contributed by atoms with van der Waals surface area (Å²) in [7, 11) is 0. The largest absolute Gasteiger partial charge is 0.299 e. The van der Waals surface area contributed by atoms with Crippen LogP contribution in [0.2, 0.25) is 0 Å². The van der Waals surface area contributed by atoms with Gasteiger partial charge in [-0.15, -0.1) is 6.58 Å². The Kier molecular flexibility index (Phi) is 13.4. The maximum Gasteiger partial charge on any atom is 0.142 e. The van der Waals surface area contributed by atoms with Gasteiger partial charge < -0.3 is 0 Å². The SMILES string of the molecule is C=CCCCCCCCCCC/C=C/C=O. The molecule has 1 nitrogen and oxygen atoms in total. The van der Waals surface area contributed by atoms with Gasteiger partial charge in [-0.3, -0.25) is 4.79 Å². The number of hydrogen-bond acceptors (Lipinski definition) is 1. The van der Waals surface area contributed by atoms with Crippen LogP contribution in [0.1, 0.15) is 64.2 Å². The molecule has 0 unspecified atom stereocenters. The molecule has 0 fully saturated rings. The highest BCUT2D eigenvalue weighted by atomic mass is 16.1. The highest BCUT2D eigenvalue weighted by molar-refractivity contribution is 5.64. The molecule has 0 saturated heterocycles. The van der Waals surface area contributed by atoms with Crippen molar-refractivity contribution in [1.82, 2.24) is 0 Å². The van der Waals surface area contributed by atoms with Crippen molar-refractivity contribution in [1.29, 1.82) is 0 Å². The number of carbonyl (C=O) groups is 1. The first kappa shape index (κ1) is 15.2. The summed E-state index contributed by atoms with van der Waals surface area (Å²) in [5, 5.41) is 0. The van der Waals surface area contributed by atoms with Crippen LogP contribution in [-0.2, 0) is 4.79 Å². The Bertz CT molecular complexity index is 182. The van der Waals surface area contributed by atoms with Gasteiger partial charge in [-0.25, -0.2) is 0 Å².